The van der Waals surface area contributed by atoms with Crippen molar-refractivity contribution in [2.24, 2.45) is 0 Å². The summed E-state index contributed by atoms with van der Waals surface area (Å²) in [6, 6.07) is 35.3. The standard InChI is InChI=1S/C25H16N.3Al/c26-20-15-16-22-21-13-7-8-14-23(21)25(24(22)17-20,18-9-3-1-4-10-18)19-11-5-2-6-12-19;;;/h1-14,16-17H;;;. The van der Waals surface area contributed by atoms with Crippen molar-refractivity contribution in [3.05, 3.63) is 119 Å². The minimum absolute atomic E-state index is 0.340. The van der Waals surface area contributed by atoms with Crippen LogP contribution in [0.1, 0.15) is 22.3 Å². The molecule has 0 N–H and O–H groups in total. The van der Waals surface area contributed by atoms with E-state index in [0.29, 0.717) is 0 Å². The van der Waals surface area contributed by atoms with Crippen molar-refractivity contribution in [2.75, 3.05) is 2.87 Å². The second kappa shape index (κ2) is 7.51. The molecule has 0 aromatic heterocycles. The van der Waals surface area contributed by atoms with Gasteiger partial charge in [-0.05, 0) is 45.1 Å². The van der Waals surface area contributed by atoms with Gasteiger partial charge in [0.2, 0.25) is 0 Å². The molecule has 4 aromatic carbocycles. The Hall–Kier alpha value is -1.72. The summed E-state index contributed by atoms with van der Waals surface area (Å²) in [5.41, 5.74) is 8.68. The van der Waals surface area contributed by atoms with E-state index in [1.807, 2.05) is 2.87 Å². The van der Waals surface area contributed by atoms with Gasteiger partial charge < -0.3 is 2.87 Å². The van der Waals surface area contributed by atoms with Crippen LogP contribution in [-0.2, 0) is 5.41 Å². The largest absolute Gasteiger partial charge is 0.588 e. The van der Waals surface area contributed by atoms with Crippen LogP contribution >= 0.6 is 0 Å². The molecule has 1 nitrogen and oxygen atoms in total. The van der Waals surface area contributed by atoms with Crippen molar-refractivity contribution in [1.29, 1.82) is 0 Å². The van der Waals surface area contributed by atoms with E-state index >= 15 is 0 Å². The Kier molecular flexibility index (Phi) is 4.99. The second-order valence-corrected chi connectivity index (χ2v) is 9.72. The molecule has 0 unspecified atom stereocenters. The minimum atomic E-state index is -0.340. The van der Waals surface area contributed by atoms with E-state index in [1.165, 1.54) is 37.8 Å². The lowest BCUT2D eigenvalue weighted by atomic mass is 9.67. The highest BCUT2D eigenvalue weighted by Crippen LogP contribution is 2.56. The van der Waals surface area contributed by atoms with Crippen LogP contribution in [0.2, 0.25) is 0 Å². The second-order valence-electron chi connectivity index (χ2n) is 7.39. The van der Waals surface area contributed by atoms with E-state index in [4.69, 9.17) is 0 Å². The van der Waals surface area contributed by atoms with Crippen molar-refractivity contribution >= 4 is 59.4 Å². The number of anilines is 1. The van der Waals surface area contributed by atoms with Crippen LogP contribution in [0.3, 0.4) is 0 Å². The quantitative estimate of drug-likeness (QED) is 0.408. The Morgan fingerprint density at radius 1 is 0.586 bits per heavy atom. The predicted molar refractivity (Wildman–Crippen MR) is 123 cm³/mol. The lowest BCUT2D eigenvalue weighted by Gasteiger charge is -2.35. The average Bonchev–Trinajstić information content (AvgIpc) is 3.04. The summed E-state index contributed by atoms with van der Waals surface area (Å²) in [6.07, 6.45) is 0. The Balaban J connectivity index is 1.98. The Bertz CT molecular complexity index is 1150. The number of fused-ring (bicyclic) bond motifs is 3. The topological polar surface area (TPSA) is 3.24 Å². The van der Waals surface area contributed by atoms with Crippen LogP contribution in [0.4, 0.5) is 5.69 Å². The number of rotatable bonds is 3. The highest BCUT2D eigenvalue weighted by molar-refractivity contribution is 6.46. The average molecular weight is 411 g/mol. The Labute approximate surface area is 197 Å². The van der Waals surface area contributed by atoms with Gasteiger partial charge in [-0.2, -0.15) is 0 Å². The van der Waals surface area contributed by atoms with Gasteiger partial charge in [-0.25, -0.2) is 0 Å². The maximum Gasteiger partial charge on any atom is 0.277 e. The summed E-state index contributed by atoms with van der Waals surface area (Å²) in [5, 5.41) is 0. The summed E-state index contributed by atoms with van der Waals surface area (Å²) < 4.78 is 3.22. The molecule has 0 bridgehead atoms. The van der Waals surface area contributed by atoms with E-state index in [1.54, 1.807) is 0 Å². The zero-order valence-corrected chi connectivity index (χ0v) is 19.4. The first-order valence-electron chi connectivity index (χ1n) is 9.58. The van der Waals surface area contributed by atoms with E-state index in [2.05, 4.69) is 146 Å². The lowest BCUT2D eigenvalue weighted by Crippen LogP contribution is -2.30. The first kappa shape index (κ1) is 19.3. The molecule has 4 heteroatoms. The summed E-state index contributed by atoms with van der Waals surface area (Å²) in [4.78, 5) is 0. The van der Waals surface area contributed by atoms with E-state index in [-0.39, 0.29) is 5.41 Å². The van der Waals surface area contributed by atoms with E-state index in [9.17, 15) is 0 Å². The molecule has 5 rings (SSSR count). The molecule has 0 saturated heterocycles. The van der Waals surface area contributed by atoms with Crippen molar-refractivity contribution in [1.82, 2.24) is 0 Å². The van der Waals surface area contributed by atoms with Crippen molar-refractivity contribution in [3.8, 4) is 11.1 Å². The Morgan fingerprint density at radius 3 is 1.72 bits per heavy atom. The van der Waals surface area contributed by atoms with Crippen molar-refractivity contribution in [3.63, 3.8) is 0 Å². The molecule has 1 aliphatic rings. The van der Waals surface area contributed by atoms with Crippen LogP contribution in [0.25, 0.3) is 11.1 Å². The molecular weight excluding hydrogens is 395 g/mol. The lowest BCUT2D eigenvalue weighted by molar-refractivity contribution is 0.769. The molecule has 0 spiro atoms. The van der Waals surface area contributed by atoms with Crippen LogP contribution in [0.5, 0.6) is 0 Å². The highest BCUT2D eigenvalue weighted by atomic mass is 27.1. The van der Waals surface area contributed by atoms with E-state index in [0.717, 1.165) is 5.69 Å². The molecule has 4 aromatic rings. The maximum absolute atomic E-state index is 2.90. The summed E-state index contributed by atoms with van der Waals surface area (Å²) >= 11 is 8.41. The van der Waals surface area contributed by atoms with Gasteiger partial charge in [0.15, 0.2) is 16.3 Å². The summed E-state index contributed by atoms with van der Waals surface area (Å²) in [5.74, 6) is 0. The van der Waals surface area contributed by atoms with Crippen LogP contribution in [0, 0.1) is 0 Å². The SMILES string of the molecule is [Al][c]1cc2c(cc1[N]([Al])[Al])C(c1ccccc1)(c1ccccc1)c1ccccc1-2. The third kappa shape index (κ3) is 2.88. The zero-order valence-electron chi connectivity index (χ0n) is 15.9. The smallest absolute Gasteiger partial charge is 0.277 e. The monoisotopic (exact) mass is 411 g/mol. The maximum atomic E-state index is 2.90. The predicted octanol–water partition coefficient (Wildman–Crippen LogP) is 3.82. The van der Waals surface area contributed by atoms with Gasteiger partial charge in [-0.1, -0.05) is 91.0 Å². The third-order valence-electron chi connectivity index (χ3n) is 5.88. The van der Waals surface area contributed by atoms with Crippen molar-refractivity contribution < 1.29 is 0 Å². The van der Waals surface area contributed by atoms with Gasteiger partial charge in [0.05, 0.1) is 5.41 Å². The fraction of sp³-hybridized carbons (Fsp3) is 0.0400. The molecule has 0 amide bonds. The highest BCUT2D eigenvalue weighted by Gasteiger charge is 2.46. The van der Waals surface area contributed by atoms with Gasteiger partial charge in [0.25, 0.3) is 33.0 Å². The summed E-state index contributed by atoms with van der Waals surface area (Å²) in [7, 11) is 0. The minimum Gasteiger partial charge on any atom is -0.588 e. The molecule has 6 radical (unpaired) electrons. The molecule has 0 fully saturated rings. The fourth-order valence-corrected chi connectivity index (χ4v) is 5.86. The number of benzene rings is 4. The molecular formula is C25H16Al3N. The number of nitrogens with zero attached hydrogens (tertiary/aromatic N) is 1. The first-order valence-corrected chi connectivity index (χ1v) is 11.2. The molecule has 0 atom stereocenters. The molecule has 29 heavy (non-hydrogen) atoms. The normalized spacial score (nSPS) is 13.5. The van der Waals surface area contributed by atoms with Gasteiger partial charge in [-0.15, -0.1) is 4.43 Å². The van der Waals surface area contributed by atoms with Gasteiger partial charge in [0.1, 0.15) is 0 Å². The van der Waals surface area contributed by atoms with Crippen LogP contribution in [0.15, 0.2) is 97.1 Å². The fourth-order valence-electron chi connectivity index (χ4n) is 4.72. The van der Waals surface area contributed by atoms with Gasteiger partial charge in [-0.3, -0.25) is 0 Å². The van der Waals surface area contributed by atoms with Crippen LogP contribution in [-0.4, -0.2) is 49.3 Å². The van der Waals surface area contributed by atoms with Gasteiger partial charge in [0, 0.05) is 0 Å². The third-order valence-corrected chi connectivity index (χ3v) is 6.90. The number of hydrogen-bond donors (Lipinski definition) is 0. The van der Waals surface area contributed by atoms with Gasteiger partial charge >= 0.3 is 0 Å². The molecule has 0 heterocycles. The number of hydrogen-bond acceptors (Lipinski definition) is 1. The first-order chi connectivity index (χ1) is 14.1. The van der Waals surface area contributed by atoms with Crippen molar-refractivity contribution in [2.45, 2.75) is 5.41 Å². The molecule has 1 aliphatic carbocycles. The van der Waals surface area contributed by atoms with Crippen LogP contribution < -0.4 is 7.29 Å². The Morgan fingerprint density at radius 2 is 1.14 bits per heavy atom. The summed E-state index contributed by atoms with van der Waals surface area (Å²) in [6.45, 7) is 0. The van der Waals surface area contributed by atoms with E-state index < -0.39 is 0 Å². The zero-order chi connectivity index (χ0) is 20.0. The molecule has 0 saturated carbocycles. The molecule has 130 valence electrons. The molecule has 0 aliphatic heterocycles.